The van der Waals surface area contributed by atoms with Gasteiger partial charge in [0.2, 0.25) is 21.8 Å². The summed E-state index contributed by atoms with van der Waals surface area (Å²) in [7, 11) is -0.727. The van der Waals surface area contributed by atoms with Crippen molar-refractivity contribution in [1.29, 1.82) is 0 Å². The minimum atomic E-state index is -3.93. The molecule has 0 saturated carbocycles. The van der Waals surface area contributed by atoms with Crippen molar-refractivity contribution in [2.75, 3.05) is 33.7 Å². The average molecular weight is 424 g/mol. The quantitative estimate of drug-likeness (QED) is 0.728. The first kappa shape index (κ1) is 21.6. The van der Waals surface area contributed by atoms with Crippen molar-refractivity contribution in [3.05, 3.63) is 24.3 Å². The summed E-state index contributed by atoms with van der Waals surface area (Å²) in [6, 6.07) is 6.01. The smallest absolute Gasteiger partial charge is 0.247 e. The number of rotatable bonds is 3. The second kappa shape index (κ2) is 8.31. The van der Waals surface area contributed by atoms with Crippen LogP contribution in [0.4, 0.5) is 0 Å². The van der Waals surface area contributed by atoms with E-state index in [1.54, 1.807) is 37.2 Å². The molecule has 1 saturated heterocycles. The summed E-state index contributed by atoms with van der Waals surface area (Å²) < 4.78 is 34.4. The van der Waals surface area contributed by atoms with Crippen LogP contribution in [0.3, 0.4) is 0 Å². The Morgan fingerprint density at radius 1 is 1.17 bits per heavy atom. The monoisotopic (exact) mass is 423 g/mol. The summed E-state index contributed by atoms with van der Waals surface area (Å²) in [5.41, 5.74) is 0. The van der Waals surface area contributed by atoms with E-state index in [0.29, 0.717) is 31.7 Å². The number of carbonyl (C=O) groups excluding carboxylic acids is 2. The number of nitrogens with zero attached hydrogens (tertiary/aromatic N) is 3. The maximum absolute atomic E-state index is 13.5. The SMILES string of the molecule is CC(C)C(=O)N1CC[C@@H]2[C@@H](CC1)Oc1ccccc1S(=O)(=O)N2CC(=O)N(C)C. The number of benzene rings is 1. The topological polar surface area (TPSA) is 87.2 Å². The van der Waals surface area contributed by atoms with Crippen molar-refractivity contribution in [2.24, 2.45) is 5.92 Å². The normalized spacial score (nSPS) is 24.0. The lowest BCUT2D eigenvalue weighted by Gasteiger charge is -2.31. The van der Waals surface area contributed by atoms with Crippen molar-refractivity contribution in [3.8, 4) is 5.75 Å². The van der Waals surface area contributed by atoms with Gasteiger partial charge in [0, 0.05) is 39.5 Å². The molecule has 2 amide bonds. The number of hydrogen-bond donors (Lipinski definition) is 0. The van der Waals surface area contributed by atoms with Gasteiger partial charge in [-0.25, -0.2) is 8.42 Å². The highest BCUT2D eigenvalue weighted by atomic mass is 32.2. The lowest BCUT2D eigenvalue weighted by Crippen LogP contribution is -2.50. The van der Waals surface area contributed by atoms with E-state index in [1.807, 2.05) is 13.8 Å². The van der Waals surface area contributed by atoms with Crippen LogP contribution in [0.1, 0.15) is 26.7 Å². The highest BCUT2D eigenvalue weighted by Gasteiger charge is 2.44. The molecule has 9 heteroatoms. The first-order valence-electron chi connectivity index (χ1n) is 9.89. The summed E-state index contributed by atoms with van der Waals surface area (Å²) in [5.74, 6) is -0.0904. The van der Waals surface area contributed by atoms with E-state index in [2.05, 4.69) is 0 Å². The maximum Gasteiger partial charge on any atom is 0.247 e. The molecule has 160 valence electrons. The van der Waals surface area contributed by atoms with Crippen molar-refractivity contribution >= 4 is 21.8 Å². The van der Waals surface area contributed by atoms with Crippen LogP contribution in [0, 0.1) is 5.92 Å². The molecule has 0 radical (unpaired) electrons. The molecular weight excluding hydrogens is 394 g/mol. The van der Waals surface area contributed by atoms with Gasteiger partial charge >= 0.3 is 0 Å². The Hall–Kier alpha value is -2.13. The molecule has 2 aliphatic heterocycles. The third-order valence-corrected chi connectivity index (χ3v) is 7.40. The Morgan fingerprint density at radius 2 is 1.83 bits per heavy atom. The highest BCUT2D eigenvalue weighted by molar-refractivity contribution is 7.89. The number of carbonyl (C=O) groups is 2. The molecule has 3 rings (SSSR count). The molecule has 29 heavy (non-hydrogen) atoms. The van der Waals surface area contributed by atoms with E-state index in [4.69, 9.17) is 4.74 Å². The molecule has 0 bridgehead atoms. The molecule has 0 aliphatic carbocycles. The first-order valence-corrected chi connectivity index (χ1v) is 11.3. The number of ether oxygens (including phenoxy) is 1. The van der Waals surface area contributed by atoms with E-state index in [-0.39, 0.29) is 29.2 Å². The van der Waals surface area contributed by atoms with Gasteiger partial charge in [-0.3, -0.25) is 9.59 Å². The zero-order valence-corrected chi connectivity index (χ0v) is 18.2. The minimum absolute atomic E-state index is 0.0423. The Labute approximate surface area is 172 Å². The van der Waals surface area contributed by atoms with Crippen molar-refractivity contribution in [2.45, 2.75) is 43.7 Å². The standard InChI is InChI=1S/C20H29N3O5S/c1-14(2)20(25)22-11-9-15-16(10-12-22)28-17-7-5-6-8-18(17)29(26,27)23(15)13-19(24)21(3)4/h5-8,14-16H,9-13H2,1-4H3/t15-,16-/m1/s1. The molecular formula is C20H29N3O5S. The van der Waals surface area contributed by atoms with E-state index >= 15 is 0 Å². The predicted octanol–water partition coefficient (Wildman–Crippen LogP) is 1.17. The van der Waals surface area contributed by atoms with Crippen LogP contribution < -0.4 is 4.74 Å². The molecule has 2 aliphatic rings. The van der Waals surface area contributed by atoms with Crippen LogP contribution >= 0.6 is 0 Å². The summed E-state index contributed by atoms with van der Waals surface area (Å²) in [6.07, 6.45) is 0.477. The van der Waals surface area contributed by atoms with Gasteiger partial charge in [0.25, 0.3) is 0 Å². The van der Waals surface area contributed by atoms with Crippen LogP contribution in [0.2, 0.25) is 0 Å². The van der Waals surface area contributed by atoms with Crippen LogP contribution in [0.5, 0.6) is 5.75 Å². The number of sulfonamides is 1. The summed E-state index contributed by atoms with van der Waals surface area (Å²) in [4.78, 5) is 28.2. The molecule has 2 atom stereocenters. The molecule has 0 N–H and O–H groups in total. The van der Waals surface area contributed by atoms with Gasteiger partial charge in [-0.15, -0.1) is 0 Å². The minimum Gasteiger partial charge on any atom is -0.487 e. The lowest BCUT2D eigenvalue weighted by molar-refractivity contribution is -0.134. The fourth-order valence-corrected chi connectivity index (χ4v) is 5.57. The fraction of sp³-hybridized carbons (Fsp3) is 0.600. The summed E-state index contributed by atoms with van der Waals surface area (Å²) in [6.45, 7) is 4.37. The molecule has 2 heterocycles. The first-order chi connectivity index (χ1) is 13.6. The van der Waals surface area contributed by atoms with E-state index in [1.165, 1.54) is 15.3 Å². The second-order valence-corrected chi connectivity index (χ2v) is 9.93. The van der Waals surface area contributed by atoms with Crippen molar-refractivity contribution < 1.29 is 22.7 Å². The van der Waals surface area contributed by atoms with Crippen molar-refractivity contribution in [1.82, 2.24) is 14.1 Å². The zero-order chi connectivity index (χ0) is 21.3. The number of likely N-dealkylation sites (N-methyl/N-ethyl adjacent to an activating group) is 1. The Morgan fingerprint density at radius 3 is 2.48 bits per heavy atom. The Bertz CT molecular complexity index is 884. The van der Waals surface area contributed by atoms with Gasteiger partial charge in [-0.1, -0.05) is 26.0 Å². The highest BCUT2D eigenvalue weighted by Crippen LogP contribution is 2.36. The number of hydrogen-bond acceptors (Lipinski definition) is 5. The van der Waals surface area contributed by atoms with Gasteiger partial charge in [0.1, 0.15) is 16.7 Å². The molecule has 0 unspecified atom stereocenters. The summed E-state index contributed by atoms with van der Waals surface area (Å²) in [5, 5.41) is 0. The van der Waals surface area contributed by atoms with Gasteiger partial charge in [-0.2, -0.15) is 4.31 Å². The van der Waals surface area contributed by atoms with Gasteiger partial charge in [0.15, 0.2) is 0 Å². The van der Waals surface area contributed by atoms with Crippen LogP contribution in [-0.4, -0.2) is 80.2 Å². The maximum atomic E-state index is 13.5. The lowest BCUT2D eigenvalue weighted by atomic mass is 10.1. The number of fused-ring (bicyclic) bond motifs is 2. The number of para-hydroxylation sites is 1. The Kier molecular flexibility index (Phi) is 6.19. The molecule has 1 fully saturated rings. The molecule has 8 nitrogen and oxygen atoms in total. The molecule has 1 aromatic carbocycles. The van der Waals surface area contributed by atoms with Crippen LogP contribution in [0.25, 0.3) is 0 Å². The average Bonchev–Trinajstić information content (AvgIpc) is 2.91. The van der Waals surface area contributed by atoms with Gasteiger partial charge < -0.3 is 14.5 Å². The Balaban J connectivity index is 2.01. The second-order valence-electron chi connectivity index (χ2n) is 8.07. The van der Waals surface area contributed by atoms with E-state index < -0.39 is 22.2 Å². The van der Waals surface area contributed by atoms with E-state index in [9.17, 15) is 18.0 Å². The molecule has 0 aromatic heterocycles. The largest absolute Gasteiger partial charge is 0.487 e. The van der Waals surface area contributed by atoms with Gasteiger partial charge in [-0.05, 0) is 18.6 Å². The summed E-state index contributed by atoms with van der Waals surface area (Å²) >= 11 is 0. The predicted molar refractivity (Wildman–Crippen MR) is 108 cm³/mol. The molecule has 0 spiro atoms. The van der Waals surface area contributed by atoms with Crippen LogP contribution in [0.15, 0.2) is 29.2 Å². The number of likely N-dealkylation sites (tertiary alicyclic amines) is 1. The van der Waals surface area contributed by atoms with E-state index in [0.717, 1.165) is 0 Å². The van der Waals surface area contributed by atoms with Crippen LogP contribution in [-0.2, 0) is 19.6 Å². The zero-order valence-electron chi connectivity index (χ0n) is 17.4. The van der Waals surface area contributed by atoms with Crippen molar-refractivity contribution in [3.63, 3.8) is 0 Å². The van der Waals surface area contributed by atoms with Gasteiger partial charge in [0.05, 0.1) is 12.6 Å². The third-order valence-electron chi connectivity index (χ3n) is 5.49. The fourth-order valence-electron chi connectivity index (χ4n) is 3.82. The molecule has 1 aromatic rings. The number of amides is 2. The third kappa shape index (κ3) is 4.25.